The van der Waals surface area contributed by atoms with Crippen molar-refractivity contribution in [2.75, 3.05) is 0 Å². The molecule has 0 heterocycles. The van der Waals surface area contributed by atoms with Crippen LogP contribution in [-0.2, 0) is 4.79 Å². The van der Waals surface area contributed by atoms with E-state index in [1.54, 1.807) is 6.92 Å². The van der Waals surface area contributed by atoms with Crippen LogP contribution in [0.3, 0.4) is 0 Å². The zero-order chi connectivity index (χ0) is 7.56. The molecule has 1 unspecified atom stereocenters. The van der Waals surface area contributed by atoms with Gasteiger partial charge in [0, 0.05) is 5.92 Å². The van der Waals surface area contributed by atoms with Gasteiger partial charge in [0.1, 0.15) is 0 Å². The number of nitrogens with one attached hydrogen (secondary N) is 1. The SMILES string of the molecule is CC(N)NC(=O)C1CCC1. The highest BCUT2D eigenvalue weighted by Gasteiger charge is 2.25. The number of hydrogen-bond donors (Lipinski definition) is 2. The highest BCUT2D eigenvalue weighted by Crippen LogP contribution is 2.26. The summed E-state index contributed by atoms with van der Waals surface area (Å²) in [5.74, 6) is 0.382. The summed E-state index contributed by atoms with van der Waals surface area (Å²) in [5.41, 5.74) is 5.38. The Labute approximate surface area is 61.0 Å². The molecule has 0 spiro atoms. The molecule has 0 bridgehead atoms. The van der Waals surface area contributed by atoms with Crippen molar-refractivity contribution in [3.8, 4) is 0 Å². The average Bonchev–Trinajstić information content (AvgIpc) is 1.55. The second-order valence-corrected chi connectivity index (χ2v) is 2.93. The van der Waals surface area contributed by atoms with Crippen LogP contribution >= 0.6 is 0 Å². The average molecular weight is 142 g/mol. The van der Waals surface area contributed by atoms with Gasteiger partial charge in [-0.2, -0.15) is 0 Å². The lowest BCUT2D eigenvalue weighted by Gasteiger charge is -2.24. The summed E-state index contributed by atoms with van der Waals surface area (Å²) in [4.78, 5) is 11.0. The van der Waals surface area contributed by atoms with E-state index in [2.05, 4.69) is 5.32 Å². The van der Waals surface area contributed by atoms with Gasteiger partial charge in [-0.15, -0.1) is 0 Å². The van der Waals surface area contributed by atoms with E-state index in [1.807, 2.05) is 0 Å². The Balaban J connectivity index is 2.20. The smallest absolute Gasteiger partial charge is 0.224 e. The number of carbonyl (C=O) groups is 1. The first-order valence-corrected chi connectivity index (χ1v) is 3.76. The van der Waals surface area contributed by atoms with Gasteiger partial charge in [-0.25, -0.2) is 0 Å². The molecule has 3 nitrogen and oxygen atoms in total. The molecule has 0 aromatic carbocycles. The van der Waals surface area contributed by atoms with E-state index >= 15 is 0 Å². The van der Waals surface area contributed by atoms with Gasteiger partial charge in [-0.1, -0.05) is 6.42 Å². The summed E-state index contributed by atoms with van der Waals surface area (Å²) in [6.07, 6.45) is 3.07. The van der Waals surface area contributed by atoms with E-state index in [0.717, 1.165) is 12.8 Å². The van der Waals surface area contributed by atoms with E-state index < -0.39 is 0 Å². The molecule has 0 aromatic rings. The predicted octanol–water partition coefficient (Wildman–Crippen LogP) is 0.207. The van der Waals surface area contributed by atoms with Crippen LogP contribution in [0.15, 0.2) is 0 Å². The van der Waals surface area contributed by atoms with Crippen molar-refractivity contribution in [2.45, 2.75) is 32.4 Å². The molecule has 1 aliphatic carbocycles. The Kier molecular flexibility index (Phi) is 2.27. The minimum absolute atomic E-state index is 0.126. The maximum Gasteiger partial charge on any atom is 0.224 e. The number of carbonyl (C=O) groups excluding carboxylic acids is 1. The fraction of sp³-hybridized carbons (Fsp3) is 0.857. The topological polar surface area (TPSA) is 55.1 Å². The Morgan fingerprint density at radius 3 is 2.60 bits per heavy atom. The van der Waals surface area contributed by atoms with Gasteiger partial charge in [-0.3, -0.25) is 4.79 Å². The van der Waals surface area contributed by atoms with Crippen molar-refractivity contribution in [1.29, 1.82) is 0 Å². The van der Waals surface area contributed by atoms with Crippen molar-refractivity contribution in [3.63, 3.8) is 0 Å². The van der Waals surface area contributed by atoms with Crippen LogP contribution in [0.4, 0.5) is 0 Å². The molecule has 0 aromatic heterocycles. The molecule has 1 amide bonds. The van der Waals surface area contributed by atoms with Gasteiger partial charge in [-0.05, 0) is 19.8 Å². The van der Waals surface area contributed by atoms with Crippen molar-refractivity contribution >= 4 is 5.91 Å². The molecule has 1 saturated carbocycles. The van der Waals surface area contributed by atoms with Crippen molar-refractivity contribution in [2.24, 2.45) is 11.7 Å². The minimum atomic E-state index is -0.201. The van der Waals surface area contributed by atoms with Crippen LogP contribution in [0.25, 0.3) is 0 Å². The highest BCUT2D eigenvalue weighted by atomic mass is 16.2. The van der Waals surface area contributed by atoms with Crippen LogP contribution in [0.1, 0.15) is 26.2 Å². The third-order valence-electron chi connectivity index (χ3n) is 1.85. The summed E-state index contributed by atoms with van der Waals surface area (Å²) in [6, 6.07) is 0. The van der Waals surface area contributed by atoms with E-state index in [1.165, 1.54) is 6.42 Å². The summed E-state index contributed by atoms with van der Waals surface area (Å²) in [7, 11) is 0. The van der Waals surface area contributed by atoms with E-state index in [4.69, 9.17) is 5.73 Å². The molecule has 1 aliphatic rings. The van der Waals surface area contributed by atoms with Crippen molar-refractivity contribution in [1.82, 2.24) is 5.32 Å². The fourth-order valence-electron chi connectivity index (χ4n) is 1.01. The largest absolute Gasteiger partial charge is 0.341 e. The van der Waals surface area contributed by atoms with Gasteiger partial charge >= 0.3 is 0 Å². The summed E-state index contributed by atoms with van der Waals surface area (Å²) in [5, 5.41) is 2.68. The van der Waals surface area contributed by atoms with Crippen molar-refractivity contribution < 1.29 is 4.79 Å². The lowest BCUT2D eigenvalue weighted by atomic mass is 9.85. The summed E-state index contributed by atoms with van der Waals surface area (Å²) in [6.45, 7) is 1.77. The Morgan fingerprint density at radius 1 is 1.70 bits per heavy atom. The molecule has 3 N–H and O–H groups in total. The molecular formula is C7H14N2O. The molecule has 0 aliphatic heterocycles. The van der Waals surface area contributed by atoms with Gasteiger partial charge in [0.05, 0.1) is 6.17 Å². The van der Waals surface area contributed by atoms with Gasteiger partial charge < -0.3 is 11.1 Å². The van der Waals surface area contributed by atoms with Crippen LogP contribution in [-0.4, -0.2) is 12.1 Å². The zero-order valence-electron chi connectivity index (χ0n) is 6.26. The zero-order valence-corrected chi connectivity index (χ0v) is 6.26. The molecular weight excluding hydrogens is 128 g/mol. The van der Waals surface area contributed by atoms with Crippen LogP contribution in [0.5, 0.6) is 0 Å². The molecule has 3 heteroatoms. The van der Waals surface area contributed by atoms with Gasteiger partial charge in [0.2, 0.25) is 5.91 Å². The Bertz CT molecular complexity index is 130. The van der Waals surface area contributed by atoms with Gasteiger partial charge in [0.15, 0.2) is 0 Å². The Hall–Kier alpha value is -0.570. The fourth-order valence-corrected chi connectivity index (χ4v) is 1.01. The van der Waals surface area contributed by atoms with Crippen molar-refractivity contribution in [3.05, 3.63) is 0 Å². The first kappa shape index (κ1) is 7.54. The molecule has 1 fully saturated rings. The first-order chi connectivity index (χ1) is 4.70. The molecule has 0 radical (unpaired) electrons. The standard InChI is InChI=1S/C7H14N2O/c1-5(8)9-7(10)6-3-2-4-6/h5-6H,2-4,8H2,1H3,(H,9,10). The predicted molar refractivity (Wildman–Crippen MR) is 39.1 cm³/mol. The second kappa shape index (κ2) is 3.01. The monoisotopic (exact) mass is 142 g/mol. The third kappa shape index (κ3) is 1.70. The van der Waals surface area contributed by atoms with Gasteiger partial charge in [0.25, 0.3) is 0 Å². The maximum absolute atomic E-state index is 11.0. The minimum Gasteiger partial charge on any atom is -0.341 e. The number of hydrogen-bond acceptors (Lipinski definition) is 2. The third-order valence-corrected chi connectivity index (χ3v) is 1.85. The van der Waals surface area contributed by atoms with Crippen LogP contribution in [0, 0.1) is 5.92 Å². The normalized spacial score (nSPS) is 21.4. The van der Waals surface area contributed by atoms with E-state index in [-0.39, 0.29) is 18.0 Å². The quantitative estimate of drug-likeness (QED) is 0.541. The summed E-state index contributed by atoms with van der Waals surface area (Å²) >= 11 is 0. The van der Waals surface area contributed by atoms with E-state index in [9.17, 15) is 4.79 Å². The Morgan fingerprint density at radius 2 is 2.30 bits per heavy atom. The second-order valence-electron chi connectivity index (χ2n) is 2.93. The maximum atomic E-state index is 11.0. The lowest BCUT2D eigenvalue weighted by molar-refractivity contribution is -0.127. The molecule has 1 rings (SSSR count). The lowest BCUT2D eigenvalue weighted by Crippen LogP contribution is -2.43. The molecule has 1 atom stereocenters. The highest BCUT2D eigenvalue weighted by molar-refractivity contribution is 5.79. The van der Waals surface area contributed by atoms with E-state index in [0.29, 0.717) is 0 Å². The van der Waals surface area contributed by atoms with Crippen LogP contribution in [0.2, 0.25) is 0 Å². The molecule has 58 valence electrons. The number of nitrogens with two attached hydrogens (primary N) is 1. The number of rotatable bonds is 2. The summed E-state index contributed by atoms with van der Waals surface area (Å²) < 4.78 is 0. The first-order valence-electron chi connectivity index (χ1n) is 3.76. The molecule has 10 heavy (non-hydrogen) atoms. The van der Waals surface area contributed by atoms with Crippen LogP contribution < -0.4 is 11.1 Å². The number of amides is 1. The molecule has 0 saturated heterocycles.